The number of hydrogen-bond acceptors (Lipinski definition) is 3. The van der Waals surface area contributed by atoms with Gasteiger partial charge in [0.1, 0.15) is 11.6 Å². The fraction of sp³-hybridized carbons (Fsp3) is 0.455. The third kappa shape index (κ3) is 3.24. The van der Waals surface area contributed by atoms with Crippen molar-refractivity contribution >= 4 is 10.1 Å². The number of ether oxygens (including phenoxy) is 1. The molecule has 1 unspecified atom stereocenters. The van der Waals surface area contributed by atoms with Crippen LogP contribution < -0.4 is 0 Å². The van der Waals surface area contributed by atoms with Crippen molar-refractivity contribution in [1.29, 1.82) is 0 Å². The second-order valence-electron chi connectivity index (χ2n) is 4.07. The molecule has 1 aromatic carbocycles. The third-order valence-corrected chi connectivity index (χ3v) is 3.40. The minimum absolute atomic E-state index is 0.202. The number of hydrogen-bond donors (Lipinski definition) is 1. The van der Waals surface area contributed by atoms with Crippen LogP contribution in [0, 0.1) is 5.82 Å². The lowest BCUT2D eigenvalue weighted by atomic mass is 10.0. The SMILES string of the molecule is O=S(=O)(O)Cc1cc(F)ccc1C1CCCO1. The summed E-state index contributed by atoms with van der Waals surface area (Å²) in [5.74, 6) is -1.11. The summed E-state index contributed by atoms with van der Waals surface area (Å²) in [6.07, 6.45) is 1.48. The van der Waals surface area contributed by atoms with Crippen molar-refractivity contribution in [2.75, 3.05) is 6.61 Å². The highest BCUT2D eigenvalue weighted by molar-refractivity contribution is 7.85. The molecule has 94 valence electrons. The van der Waals surface area contributed by atoms with E-state index in [1.807, 2.05) is 0 Å². The number of rotatable bonds is 3. The van der Waals surface area contributed by atoms with Gasteiger partial charge in [0.05, 0.1) is 6.10 Å². The average Bonchev–Trinajstić information content (AvgIpc) is 2.68. The van der Waals surface area contributed by atoms with Gasteiger partial charge in [0.15, 0.2) is 0 Å². The van der Waals surface area contributed by atoms with Crippen molar-refractivity contribution in [2.24, 2.45) is 0 Å². The quantitative estimate of drug-likeness (QED) is 0.845. The smallest absolute Gasteiger partial charge is 0.269 e. The highest BCUT2D eigenvalue weighted by Crippen LogP contribution is 2.31. The van der Waals surface area contributed by atoms with E-state index in [1.165, 1.54) is 12.1 Å². The van der Waals surface area contributed by atoms with Crippen molar-refractivity contribution in [2.45, 2.75) is 24.7 Å². The van der Waals surface area contributed by atoms with Gasteiger partial charge in [-0.25, -0.2) is 4.39 Å². The van der Waals surface area contributed by atoms with Crippen LogP contribution in [0.4, 0.5) is 4.39 Å². The number of halogens is 1. The van der Waals surface area contributed by atoms with Gasteiger partial charge in [-0.05, 0) is 36.1 Å². The highest BCUT2D eigenvalue weighted by atomic mass is 32.2. The van der Waals surface area contributed by atoms with Crippen LogP contribution in [0.1, 0.15) is 30.1 Å². The average molecular weight is 260 g/mol. The lowest BCUT2D eigenvalue weighted by Crippen LogP contribution is -2.08. The standard InChI is InChI=1S/C11H13FO4S/c12-9-3-4-10(11-2-1-5-16-11)8(6-9)7-17(13,14)15/h3-4,6,11H,1-2,5,7H2,(H,13,14,15). The molecule has 4 nitrogen and oxygen atoms in total. The van der Waals surface area contributed by atoms with Gasteiger partial charge in [-0.1, -0.05) is 6.07 Å². The zero-order chi connectivity index (χ0) is 12.5. The Morgan fingerprint density at radius 3 is 2.82 bits per heavy atom. The molecule has 2 rings (SSSR count). The summed E-state index contributed by atoms with van der Waals surface area (Å²) >= 11 is 0. The van der Waals surface area contributed by atoms with E-state index in [9.17, 15) is 12.8 Å². The first-order valence-electron chi connectivity index (χ1n) is 5.31. The van der Waals surface area contributed by atoms with Gasteiger partial charge < -0.3 is 4.74 Å². The van der Waals surface area contributed by atoms with Crippen LogP contribution in [0.3, 0.4) is 0 Å². The maximum Gasteiger partial charge on any atom is 0.269 e. The Balaban J connectivity index is 2.36. The zero-order valence-electron chi connectivity index (χ0n) is 9.10. The van der Waals surface area contributed by atoms with Crippen molar-refractivity contribution < 1.29 is 22.1 Å². The molecule has 0 bridgehead atoms. The molecular weight excluding hydrogens is 247 g/mol. The first kappa shape index (κ1) is 12.5. The van der Waals surface area contributed by atoms with E-state index in [1.54, 1.807) is 0 Å². The van der Waals surface area contributed by atoms with Crippen LogP contribution in [-0.2, 0) is 20.6 Å². The van der Waals surface area contributed by atoms with Crippen LogP contribution in [0.25, 0.3) is 0 Å². The Hall–Kier alpha value is -0.980. The molecule has 1 aliphatic rings. The molecular formula is C11H13FO4S. The summed E-state index contributed by atoms with van der Waals surface area (Å²) in [7, 11) is -4.17. The first-order chi connectivity index (χ1) is 7.96. The molecule has 0 amide bonds. The fourth-order valence-electron chi connectivity index (χ4n) is 2.03. The Morgan fingerprint density at radius 1 is 1.47 bits per heavy atom. The summed E-state index contributed by atoms with van der Waals surface area (Å²) in [6, 6.07) is 3.92. The van der Waals surface area contributed by atoms with Crippen LogP contribution in [0.15, 0.2) is 18.2 Å². The highest BCUT2D eigenvalue weighted by Gasteiger charge is 2.22. The molecule has 1 aliphatic heterocycles. The molecule has 1 N–H and O–H groups in total. The van der Waals surface area contributed by atoms with Crippen molar-refractivity contribution in [3.8, 4) is 0 Å². The second-order valence-corrected chi connectivity index (χ2v) is 5.52. The first-order valence-corrected chi connectivity index (χ1v) is 6.92. The molecule has 6 heteroatoms. The molecule has 0 spiro atoms. The van der Waals surface area contributed by atoms with Crippen LogP contribution in [0.5, 0.6) is 0 Å². The molecule has 0 aromatic heterocycles. The van der Waals surface area contributed by atoms with E-state index in [4.69, 9.17) is 9.29 Å². The molecule has 0 saturated carbocycles. The predicted octanol–water partition coefficient (Wildman–Crippen LogP) is 2.07. The number of benzene rings is 1. The summed E-state index contributed by atoms with van der Waals surface area (Å²) in [4.78, 5) is 0. The van der Waals surface area contributed by atoms with Gasteiger partial charge in [0, 0.05) is 6.61 Å². The zero-order valence-corrected chi connectivity index (χ0v) is 9.91. The van der Waals surface area contributed by atoms with E-state index < -0.39 is 21.7 Å². The lowest BCUT2D eigenvalue weighted by Gasteiger charge is -2.14. The molecule has 1 atom stereocenters. The van der Waals surface area contributed by atoms with Gasteiger partial charge in [-0.3, -0.25) is 4.55 Å². The van der Waals surface area contributed by atoms with Gasteiger partial charge in [-0.15, -0.1) is 0 Å². The van der Waals surface area contributed by atoms with Gasteiger partial charge in [0.25, 0.3) is 10.1 Å². The Labute approximate surface area is 99.2 Å². The predicted molar refractivity (Wildman–Crippen MR) is 59.6 cm³/mol. The maximum absolute atomic E-state index is 13.1. The normalized spacial score (nSPS) is 20.7. The molecule has 0 aliphatic carbocycles. The minimum Gasteiger partial charge on any atom is -0.374 e. The third-order valence-electron chi connectivity index (χ3n) is 2.72. The molecule has 1 fully saturated rings. The maximum atomic E-state index is 13.1. The van der Waals surface area contributed by atoms with Gasteiger partial charge in [-0.2, -0.15) is 8.42 Å². The fourth-order valence-corrected chi connectivity index (χ4v) is 2.68. The van der Waals surface area contributed by atoms with Crippen molar-refractivity contribution in [3.63, 3.8) is 0 Å². The lowest BCUT2D eigenvalue weighted by molar-refractivity contribution is 0.111. The second kappa shape index (κ2) is 4.72. The molecule has 1 saturated heterocycles. The molecule has 1 aromatic rings. The minimum atomic E-state index is -4.17. The topological polar surface area (TPSA) is 63.6 Å². The van der Waals surface area contributed by atoms with Crippen LogP contribution >= 0.6 is 0 Å². The largest absolute Gasteiger partial charge is 0.374 e. The van der Waals surface area contributed by atoms with Gasteiger partial charge in [0.2, 0.25) is 0 Å². The van der Waals surface area contributed by atoms with E-state index in [0.29, 0.717) is 12.2 Å². The van der Waals surface area contributed by atoms with E-state index in [0.717, 1.165) is 18.9 Å². The monoisotopic (exact) mass is 260 g/mol. The van der Waals surface area contributed by atoms with E-state index in [2.05, 4.69) is 0 Å². The molecule has 17 heavy (non-hydrogen) atoms. The summed E-state index contributed by atoms with van der Waals surface area (Å²) in [5.41, 5.74) is 0.904. The van der Waals surface area contributed by atoms with E-state index in [-0.39, 0.29) is 11.7 Å². The summed E-state index contributed by atoms with van der Waals surface area (Å²) in [5, 5.41) is 0. The molecule has 0 radical (unpaired) electrons. The Bertz CT molecular complexity index is 506. The van der Waals surface area contributed by atoms with Crippen LogP contribution in [0.2, 0.25) is 0 Å². The Kier molecular flexibility index (Phi) is 3.46. The molecule has 1 heterocycles. The summed E-state index contributed by atoms with van der Waals surface area (Å²) < 4.78 is 49.1. The van der Waals surface area contributed by atoms with Gasteiger partial charge >= 0.3 is 0 Å². The summed E-state index contributed by atoms with van der Waals surface area (Å²) in [6.45, 7) is 0.618. The Morgan fingerprint density at radius 2 is 2.24 bits per heavy atom. The van der Waals surface area contributed by atoms with E-state index >= 15 is 0 Å². The van der Waals surface area contributed by atoms with Crippen LogP contribution in [-0.4, -0.2) is 19.6 Å². The van der Waals surface area contributed by atoms with Crippen molar-refractivity contribution in [3.05, 3.63) is 35.1 Å². The van der Waals surface area contributed by atoms with Crippen molar-refractivity contribution in [1.82, 2.24) is 0 Å².